The van der Waals surface area contributed by atoms with E-state index in [9.17, 15) is 4.39 Å². The molecule has 0 bridgehead atoms. The molecule has 1 rings (SSSR count). The Labute approximate surface area is 49.1 Å². The van der Waals surface area contributed by atoms with Crippen molar-refractivity contribution in [3.05, 3.63) is 0 Å². The number of hydrogen-bond acceptors (Lipinski definition) is 1. The maximum absolute atomic E-state index is 12.4. The largest absolute Gasteiger partial charge is 0.325 e. The van der Waals surface area contributed by atoms with E-state index >= 15 is 0 Å². The summed E-state index contributed by atoms with van der Waals surface area (Å²) in [6.07, 6.45) is 0.898. The quantitative estimate of drug-likeness (QED) is 0.505. The van der Waals surface area contributed by atoms with Crippen LogP contribution in [0.5, 0.6) is 0 Å². The highest BCUT2D eigenvalue weighted by atomic mass is 19.1. The summed E-state index contributed by atoms with van der Waals surface area (Å²) in [7, 11) is 0. The standard InChI is InChI=1S/C6H12FN/c1-4-2-3-5(7)6(4)8/h4-6H,2-3,8H2,1H3/t4-,5+,6-/m1/s1. The minimum atomic E-state index is -0.731. The molecule has 0 saturated heterocycles. The van der Waals surface area contributed by atoms with Crippen LogP contribution in [0.25, 0.3) is 0 Å². The zero-order valence-corrected chi connectivity index (χ0v) is 5.10. The number of halogens is 1. The Morgan fingerprint density at radius 1 is 1.50 bits per heavy atom. The van der Waals surface area contributed by atoms with Gasteiger partial charge in [0.15, 0.2) is 0 Å². The molecule has 1 nitrogen and oxygen atoms in total. The van der Waals surface area contributed by atoms with Crippen LogP contribution >= 0.6 is 0 Å². The van der Waals surface area contributed by atoms with Gasteiger partial charge in [-0.15, -0.1) is 0 Å². The number of nitrogens with two attached hydrogens (primary N) is 1. The monoisotopic (exact) mass is 117 g/mol. The van der Waals surface area contributed by atoms with Crippen LogP contribution in [0.1, 0.15) is 19.8 Å². The van der Waals surface area contributed by atoms with Gasteiger partial charge in [0, 0.05) is 6.04 Å². The molecular weight excluding hydrogens is 105 g/mol. The maximum atomic E-state index is 12.4. The smallest absolute Gasteiger partial charge is 0.115 e. The molecule has 48 valence electrons. The van der Waals surface area contributed by atoms with Gasteiger partial charge in [-0.1, -0.05) is 6.92 Å². The molecule has 0 spiro atoms. The van der Waals surface area contributed by atoms with Crippen molar-refractivity contribution in [2.45, 2.75) is 32.0 Å². The van der Waals surface area contributed by atoms with Gasteiger partial charge in [-0.2, -0.15) is 0 Å². The molecule has 0 unspecified atom stereocenters. The van der Waals surface area contributed by atoms with Gasteiger partial charge in [-0.05, 0) is 18.8 Å². The van der Waals surface area contributed by atoms with E-state index in [0.29, 0.717) is 12.3 Å². The molecule has 0 aliphatic heterocycles. The molecule has 8 heavy (non-hydrogen) atoms. The van der Waals surface area contributed by atoms with Gasteiger partial charge < -0.3 is 5.73 Å². The fourth-order valence-corrected chi connectivity index (χ4v) is 1.16. The van der Waals surface area contributed by atoms with Crippen molar-refractivity contribution >= 4 is 0 Å². The van der Waals surface area contributed by atoms with Gasteiger partial charge in [0.25, 0.3) is 0 Å². The highest BCUT2D eigenvalue weighted by Crippen LogP contribution is 2.25. The van der Waals surface area contributed by atoms with Gasteiger partial charge in [-0.25, -0.2) is 4.39 Å². The Morgan fingerprint density at radius 3 is 2.25 bits per heavy atom. The third kappa shape index (κ3) is 0.848. The fourth-order valence-electron chi connectivity index (χ4n) is 1.16. The van der Waals surface area contributed by atoms with E-state index in [-0.39, 0.29) is 6.04 Å². The van der Waals surface area contributed by atoms with Crippen molar-refractivity contribution in [1.29, 1.82) is 0 Å². The Kier molecular flexibility index (Phi) is 1.52. The van der Waals surface area contributed by atoms with Crippen LogP contribution in [0.15, 0.2) is 0 Å². The predicted molar refractivity (Wildman–Crippen MR) is 31.3 cm³/mol. The van der Waals surface area contributed by atoms with E-state index < -0.39 is 6.17 Å². The summed E-state index contributed by atoms with van der Waals surface area (Å²) >= 11 is 0. The Bertz CT molecular complexity index is 74.6. The first kappa shape index (κ1) is 6.02. The molecule has 2 N–H and O–H groups in total. The van der Waals surface area contributed by atoms with Gasteiger partial charge in [0.2, 0.25) is 0 Å². The molecule has 1 fully saturated rings. The van der Waals surface area contributed by atoms with Gasteiger partial charge >= 0.3 is 0 Å². The molecule has 1 aliphatic carbocycles. The summed E-state index contributed by atoms with van der Waals surface area (Å²) in [4.78, 5) is 0. The first-order valence-electron chi connectivity index (χ1n) is 3.11. The van der Waals surface area contributed by atoms with Crippen molar-refractivity contribution in [1.82, 2.24) is 0 Å². The second kappa shape index (κ2) is 2.02. The fraction of sp³-hybridized carbons (Fsp3) is 1.00. The molecule has 0 aromatic heterocycles. The van der Waals surface area contributed by atoms with Crippen LogP contribution in [0, 0.1) is 5.92 Å². The lowest BCUT2D eigenvalue weighted by Gasteiger charge is -2.09. The van der Waals surface area contributed by atoms with Crippen molar-refractivity contribution < 1.29 is 4.39 Å². The Morgan fingerprint density at radius 2 is 2.12 bits per heavy atom. The van der Waals surface area contributed by atoms with Crippen molar-refractivity contribution in [2.24, 2.45) is 11.7 Å². The van der Waals surface area contributed by atoms with Crippen LogP contribution in [0.4, 0.5) is 4.39 Å². The van der Waals surface area contributed by atoms with E-state index in [0.717, 1.165) is 6.42 Å². The Hall–Kier alpha value is -0.110. The first-order valence-corrected chi connectivity index (χ1v) is 3.11. The summed E-state index contributed by atoms with van der Waals surface area (Å²) in [5.41, 5.74) is 5.45. The van der Waals surface area contributed by atoms with E-state index in [2.05, 4.69) is 0 Å². The lowest BCUT2D eigenvalue weighted by molar-refractivity contribution is 0.297. The van der Waals surface area contributed by atoms with E-state index in [1.165, 1.54) is 0 Å². The molecule has 1 aliphatic rings. The van der Waals surface area contributed by atoms with Gasteiger partial charge in [0.05, 0.1) is 0 Å². The summed E-state index contributed by atoms with van der Waals surface area (Å²) < 4.78 is 12.4. The summed E-state index contributed by atoms with van der Waals surface area (Å²) in [6.45, 7) is 2.00. The van der Waals surface area contributed by atoms with E-state index in [1.807, 2.05) is 6.92 Å². The third-order valence-electron chi connectivity index (χ3n) is 1.97. The highest BCUT2D eigenvalue weighted by Gasteiger charge is 2.29. The average Bonchev–Trinajstić information content (AvgIpc) is 1.98. The molecule has 0 amide bonds. The summed E-state index contributed by atoms with van der Waals surface area (Å²) in [5, 5.41) is 0. The lowest BCUT2D eigenvalue weighted by atomic mass is 10.1. The lowest BCUT2D eigenvalue weighted by Crippen LogP contribution is -2.30. The number of rotatable bonds is 0. The molecule has 0 aromatic rings. The molecular formula is C6H12FN. The zero-order valence-electron chi connectivity index (χ0n) is 5.10. The van der Waals surface area contributed by atoms with Crippen LogP contribution in [0.3, 0.4) is 0 Å². The number of hydrogen-bond donors (Lipinski definition) is 1. The zero-order chi connectivity index (χ0) is 6.15. The predicted octanol–water partition coefficient (Wildman–Crippen LogP) is 1.08. The SMILES string of the molecule is C[C@@H]1CC[C@H](F)[C@@H]1N. The maximum Gasteiger partial charge on any atom is 0.115 e. The van der Waals surface area contributed by atoms with Crippen LogP contribution in [-0.2, 0) is 0 Å². The van der Waals surface area contributed by atoms with Crippen LogP contribution in [0.2, 0.25) is 0 Å². The Balaban J connectivity index is 2.44. The highest BCUT2D eigenvalue weighted by molar-refractivity contribution is 4.84. The first-order chi connectivity index (χ1) is 3.72. The normalized spacial score (nSPS) is 47.6. The molecule has 2 heteroatoms. The second-order valence-corrected chi connectivity index (χ2v) is 2.65. The van der Waals surface area contributed by atoms with Gasteiger partial charge in [0.1, 0.15) is 6.17 Å². The van der Waals surface area contributed by atoms with Crippen molar-refractivity contribution in [3.63, 3.8) is 0 Å². The van der Waals surface area contributed by atoms with Crippen LogP contribution < -0.4 is 5.73 Å². The van der Waals surface area contributed by atoms with Crippen molar-refractivity contribution in [3.8, 4) is 0 Å². The molecule has 1 saturated carbocycles. The molecule has 0 radical (unpaired) electrons. The second-order valence-electron chi connectivity index (χ2n) is 2.65. The summed E-state index contributed by atoms with van der Waals surface area (Å²) in [5.74, 6) is 0.394. The topological polar surface area (TPSA) is 26.0 Å². The van der Waals surface area contributed by atoms with E-state index in [1.54, 1.807) is 0 Å². The number of alkyl halides is 1. The molecule has 0 aromatic carbocycles. The third-order valence-corrected chi connectivity index (χ3v) is 1.97. The van der Waals surface area contributed by atoms with Crippen molar-refractivity contribution in [2.75, 3.05) is 0 Å². The van der Waals surface area contributed by atoms with E-state index in [4.69, 9.17) is 5.73 Å². The van der Waals surface area contributed by atoms with Gasteiger partial charge in [-0.3, -0.25) is 0 Å². The minimum Gasteiger partial charge on any atom is -0.325 e. The molecule has 0 heterocycles. The minimum absolute atomic E-state index is 0.185. The van der Waals surface area contributed by atoms with Crippen LogP contribution in [-0.4, -0.2) is 12.2 Å². The average molecular weight is 117 g/mol. The molecule has 3 atom stereocenters. The summed E-state index contributed by atoms with van der Waals surface area (Å²) in [6, 6.07) is -0.185.